The highest BCUT2D eigenvalue weighted by atomic mass is 16.2. The first-order valence-electron chi connectivity index (χ1n) is 7.96. The summed E-state index contributed by atoms with van der Waals surface area (Å²) in [6.07, 6.45) is 0.110. The number of primary amides is 1. The number of amides is 3. The first kappa shape index (κ1) is 17.5. The van der Waals surface area contributed by atoms with Crippen molar-refractivity contribution in [3.8, 4) is 0 Å². The van der Waals surface area contributed by atoms with E-state index in [1.165, 1.54) is 5.56 Å². The molecule has 5 nitrogen and oxygen atoms in total. The third kappa shape index (κ3) is 5.12. The Labute approximate surface area is 142 Å². The van der Waals surface area contributed by atoms with Gasteiger partial charge in [-0.05, 0) is 29.2 Å². The lowest BCUT2D eigenvalue weighted by Crippen LogP contribution is -2.35. The van der Waals surface area contributed by atoms with E-state index in [4.69, 9.17) is 5.73 Å². The minimum absolute atomic E-state index is 0.110. The van der Waals surface area contributed by atoms with E-state index in [0.717, 1.165) is 11.3 Å². The smallest absolute Gasteiger partial charge is 0.312 e. The van der Waals surface area contributed by atoms with E-state index in [9.17, 15) is 9.59 Å². The van der Waals surface area contributed by atoms with Gasteiger partial charge in [-0.25, -0.2) is 4.79 Å². The Hall–Kier alpha value is -2.82. The van der Waals surface area contributed by atoms with E-state index in [-0.39, 0.29) is 12.3 Å². The molecule has 0 fully saturated rings. The normalized spacial score (nSPS) is 11.8. The van der Waals surface area contributed by atoms with Crippen molar-refractivity contribution in [3.05, 3.63) is 65.7 Å². The number of urea groups is 1. The number of carbonyl (C=O) groups excluding carboxylic acids is 2. The maximum Gasteiger partial charge on any atom is 0.312 e. The monoisotopic (exact) mass is 325 g/mol. The van der Waals surface area contributed by atoms with Gasteiger partial charge in [0.15, 0.2) is 0 Å². The second kappa shape index (κ2) is 8.15. The van der Waals surface area contributed by atoms with Crippen molar-refractivity contribution < 1.29 is 9.59 Å². The summed E-state index contributed by atoms with van der Waals surface area (Å²) in [5.74, 6) is 0.256. The lowest BCUT2D eigenvalue weighted by Gasteiger charge is -2.18. The van der Waals surface area contributed by atoms with E-state index in [1.807, 2.05) is 54.6 Å². The van der Waals surface area contributed by atoms with Crippen LogP contribution in [0.15, 0.2) is 54.6 Å². The number of benzene rings is 2. The molecule has 5 heteroatoms. The van der Waals surface area contributed by atoms with E-state index >= 15 is 0 Å². The van der Waals surface area contributed by atoms with Crippen LogP contribution in [0.5, 0.6) is 0 Å². The predicted octanol–water partition coefficient (Wildman–Crippen LogP) is 3.55. The molecule has 0 heterocycles. The summed E-state index contributed by atoms with van der Waals surface area (Å²) < 4.78 is 0. The van der Waals surface area contributed by atoms with Crippen LogP contribution < -0.4 is 16.4 Å². The number of rotatable bonds is 6. The van der Waals surface area contributed by atoms with E-state index in [1.54, 1.807) is 0 Å². The minimum Gasteiger partial charge on any atom is -0.352 e. The van der Waals surface area contributed by atoms with Gasteiger partial charge < -0.3 is 16.4 Å². The Balaban J connectivity index is 2.03. The van der Waals surface area contributed by atoms with Gasteiger partial charge in [0.2, 0.25) is 5.91 Å². The third-order valence-corrected chi connectivity index (χ3v) is 3.77. The van der Waals surface area contributed by atoms with Crippen molar-refractivity contribution in [2.45, 2.75) is 32.2 Å². The molecule has 126 valence electrons. The molecule has 0 aliphatic heterocycles. The van der Waals surface area contributed by atoms with Crippen molar-refractivity contribution in [3.63, 3.8) is 0 Å². The average molecular weight is 325 g/mol. The highest BCUT2D eigenvalue weighted by Gasteiger charge is 2.17. The maximum absolute atomic E-state index is 12.3. The Bertz CT molecular complexity index is 682. The quantitative estimate of drug-likeness (QED) is 0.759. The van der Waals surface area contributed by atoms with Gasteiger partial charge in [0.1, 0.15) is 0 Å². The van der Waals surface area contributed by atoms with Crippen LogP contribution in [0.3, 0.4) is 0 Å². The first-order chi connectivity index (χ1) is 11.5. The molecule has 0 aliphatic carbocycles. The minimum atomic E-state index is -0.655. The summed E-state index contributed by atoms with van der Waals surface area (Å²) in [5, 5.41) is 5.47. The lowest BCUT2D eigenvalue weighted by molar-refractivity contribution is -0.116. The number of nitrogens with one attached hydrogen (secondary N) is 2. The van der Waals surface area contributed by atoms with E-state index in [2.05, 4.69) is 24.5 Å². The first-order valence-corrected chi connectivity index (χ1v) is 7.96. The van der Waals surface area contributed by atoms with Crippen LogP contribution in [0.4, 0.5) is 10.5 Å². The number of hydrogen-bond donors (Lipinski definition) is 3. The lowest BCUT2D eigenvalue weighted by atomic mass is 10.0. The Morgan fingerprint density at radius 1 is 0.958 bits per heavy atom. The molecule has 0 aromatic heterocycles. The van der Waals surface area contributed by atoms with E-state index in [0.29, 0.717) is 5.92 Å². The van der Waals surface area contributed by atoms with Gasteiger partial charge in [0.25, 0.3) is 0 Å². The van der Waals surface area contributed by atoms with Crippen molar-refractivity contribution in [1.82, 2.24) is 5.32 Å². The van der Waals surface area contributed by atoms with Crippen LogP contribution in [-0.2, 0) is 4.79 Å². The molecule has 0 unspecified atom stereocenters. The molecule has 0 aliphatic rings. The van der Waals surface area contributed by atoms with Gasteiger partial charge in [-0.1, -0.05) is 56.3 Å². The summed E-state index contributed by atoms with van der Waals surface area (Å²) in [6.45, 7) is 4.24. The highest BCUT2D eigenvalue weighted by Crippen LogP contribution is 2.20. The van der Waals surface area contributed by atoms with Gasteiger partial charge in [-0.15, -0.1) is 0 Å². The third-order valence-electron chi connectivity index (χ3n) is 3.77. The second-order valence-corrected chi connectivity index (χ2v) is 6.00. The van der Waals surface area contributed by atoms with Crippen molar-refractivity contribution in [2.75, 3.05) is 5.32 Å². The Morgan fingerprint density at radius 2 is 1.58 bits per heavy atom. The number of carbonyl (C=O) groups is 2. The van der Waals surface area contributed by atoms with E-state index < -0.39 is 12.1 Å². The van der Waals surface area contributed by atoms with Crippen molar-refractivity contribution in [2.24, 2.45) is 5.73 Å². The molecule has 3 amide bonds. The van der Waals surface area contributed by atoms with Gasteiger partial charge in [0, 0.05) is 5.69 Å². The Kier molecular flexibility index (Phi) is 5.95. The molecule has 0 bridgehead atoms. The van der Waals surface area contributed by atoms with Crippen LogP contribution >= 0.6 is 0 Å². The van der Waals surface area contributed by atoms with Crippen LogP contribution in [-0.4, -0.2) is 11.9 Å². The summed E-state index contributed by atoms with van der Waals surface area (Å²) in [5.41, 5.74) is 8.00. The van der Waals surface area contributed by atoms with Crippen LogP contribution in [0.25, 0.3) is 0 Å². The molecule has 2 rings (SSSR count). The van der Waals surface area contributed by atoms with Gasteiger partial charge >= 0.3 is 6.03 Å². The van der Waals surface area contributed by atoms with Crippen molar-refractivity contribution in [1.29, 1.82) is 0 Å². The molecule has 0 spiro atoms. The fraction of sp³-hybridized carbons (Fsp3) is 0.263. The fourth-order valence-electron chi connectivity index (χ4n) is 2.46. The SMILES string of the molecule is CC(C)c1ccc(NC(=O)C[C@@H](NC(N)=O)c2ccccc2)cc1. The topological polar surface area (TPSA) is 84.2 Å². The molecule has 1 atom stereocenters. The largest absolute Gasteiger partial charge is 0.352 e. The number of anilines is 1. The molecule has 2 aromatic carbocycles. The molecule has 2 aromatic rings. The molecule has 4 N–H and O–H groups in total. The second-order valence-electron chi connectivity index (χ2n) is 6.00. The zero-order valence-corrected chi connectivity index (χ0v) is 14.0. The molecule has 0 saturated carbocycles. The zero-order valence-electron chi connectivity index (χ0n) is 14.0. The van der Waals surface area contributed by atoms with Crippen molar-refractivity contribution >= 4 is 17.6 Å². The van der Waals surface area contributed by atoms with Crippen LogP contribution in [0.2, 0.25) is 0 Å². The molecular weight excluding hydrogens is 302 g/mol. The molecule has 0 saturated heterocycles. The van der Waals surface area contributed by atoms with Gasteiger partial charge in [0.05, 0.1) is 12.5 Å². The molecule has 24 heavy (non-hydrogen) atoms. The summed E-state index contributed by atoms with van der Waals surface area (Å²) in [7, 11) is 0. The number of hydrogen-bond acceptors (Lipinski definition) is 2. The van der Waals surface area contributed by atoms with Crippen LogP contribution in [0, 0.1) is 0 Å². The Morgan fingerprint density at radius 3 is 2.12 bits per heavy atom. The molecule has 0 radical (unpaired) electrons. The van der Waals surface area contributed by atoms with Gasteiger partial charge in [-0.2, -0.15) is 0 Å². The molecular formula is C19H23N3O2. The average Bonchev–Trinajstić information content (AvgIpc) is 2.55. The maximum atomic E-state index is 12.3. The highest BCUT2D eigenvalue weighted by molar-refractivity contribution is 5.91. The summed E-state index contributed by atoms with van der Waals surface area (Å²) >= 11 is 0. The summed E-state index contributed by atoms with van der Waals surface area (Å²) in [6, 6.07) is 15.9. The fourth-order valence-corrected chi connectivity index (χ4v) is 2.46. The van der Waals surface area contributed by atoms with Gasteiger partial charge in [-0.3, -0.25) is 4.79 Å². The summed E-state index contributed by atoms with van der Waals surface area (Å²) in [4.78, 5) is 23.5. The van der Waals surface area contributed by atoms with Crippen LogP contribution in [0.1, 0.15) is 43.4 Å². The zero-order chi connectivity index (χ0) is 17.5. The standard InChI is InChI=1S/C19H23N3O2/c1-13(2)14-8-10-16(11-9-14)21-18(23)12-17(22-19(20)24)15-6-4-3-5-7-15/h3-11,13,17H,12H2,1-2H3,(H,21,23)(H3,20,22,24)/t17-/m1/s1. The predicted molar refractivity (Wildman–Crippen MR) is 95.7 cm³/mol. The number of nitrogens with two attached hydrogens (primary N) is 1.